The average molecular weight is 320 g/mol. The molecule has 1 aliphatic rings. The van der Waals surface area contributed by atoms with E-state index in [1.807, 2.05) is 30.3 Å². The number of alkyl carbamates (subject to hydrolysis) is 1. The molecule has 0 aromatic heterocycles. The van der Waals surface area contributed by atoms with Gasteiger partial charge in [0.15, 0.2) is 0 Å². The zero-order valence-corrected chi connectivity index (χ0v) is 12.7. The number of rotatable bonds is 6. The number of hydrogen-bond acceptors (Lipinski definition) is 4. The first-order chi connectivity index (χ1) is 11.1. The van der Waals surface area contributed by atoms with Gasteiger partial charge in [-0.05, 0) is 18.4 Å². The summed E-state index contributed by atoms with van der Waals surface area (Å²) < 4.78 is 5.06. The lowest BCUT2D eigenvalue weighted by Crippen LogP contribution is -2.47. The van der Waals surface area contributed by atoms with Gasteiger partial charge >= 0.3 is 12.1 Å². The molecule has 1 aliphatic heterocycles. The first kappa shape index (κ1) is 16.8. The van der Waals surface area contributed by atoms with Gasteiger partial charge < -0.3 is 20.1 Å². The Kier molecular flexibility index (Phi) is 5.96. The van der Waals surface area contributed by atoms with Crippen molar-refractivity contribution in [1.82, 2.24) is 10.2 Å². The van der Waals surface area contributed by atoms with E-state index >= 15 is 0 Å². The van der Waals surface area contributed by atoms with Crippen molar-refractivity contribution in [1.29, 1.82) is 0 Å². The van der Waals surface area contributed by atoms with E-state index in [1.54, 1.807) is 0 Å². The fraction of sp³-hybridized carbons (Fsp3) is 0.438. The maximum absolute atomic E-state index is 12.0. The minimum atomic E-state index is -1.09. The Bertz CT molecular complexity index is 561. The topological polar surface area (TPSA) is 95.9 Å². The van der Waals surface area contributed by atoms with Gasteiger partial charge in [-0.15, -0.1) is 0 Å². The number of benzene rings is 1. The molecule has 2 amide bonds. The standard InChI is InChI=1S/C16H20N2O5/c19-14-13(15(20)21)7-4-9-18(14)10-8-17-16(22)23-11-12-5-2-1-3-6-12/h1-3,5-6,13H,4,7-11H2,(H,17,22)(H,20,21). The predicted molar refractivity (Wildman–Crippen MR) is 81.6 cm³/mol. The number of aliphatic carboxylic acids is 1. The number of carbonyl (C=O) groups excluding carboxylic acids is 2. The molecule has 1 heterocycles. The molecule has 0 saturated carbocycles. The molecule has 1 fully saturated rings. The number of piperidine rings is 1. The molecule has 7 heteroatoms. The van der Waals surface area contributed by atoms with Crippen LogP contribution in [0.2, 0.25) is 0 Å². The SMILES string of the molecule is O=C(NCCN1CCCC(C(=O)O)C1=O)OCc1ccccc1. The number of carbonyl (C=O) groups is 3. The maximum Gasteiger partial charge on any atom is 0.407 e. The van der Waals surface area contributed by atoms with Crippen molar-refractivity contribution < 1.29 is 24.2 Å². The van der Waals surface area contributed by atoms with Gasteiger partial charge in [0, 0.05) is 19.6 Å². The lowest BCUT2D eigenvalue weighted by Gasteiger charge is -2.30. The monoisotopic (exact) mass is 320 g/mol. The molecule has 124 valence electrons. The Morgan fingerprint density at radius 1 is 1.30 bits per heavy atom. The van der Waals surface area contributed by atoms with E-state index < -0.39 is 18.0 Å². The first-order valence-electron chi connectivity index (χ1n) is 7.54. The molecule has 7 nitrogen and oxygen atoms in total. The van der Waals surface area contributed by atoms with Gasteiger partial charge in [-0.2, -0.15) is 0 Å². The number of carboxylic acids is 1. The highest BCUT2D eigenvalue weighted by Crippen LogP contribution is 2.17. The van der Waals surface area contributed by atoms with Gasteiger partial charge in [0.05, 0.1) is 0 Å². The summed E-state index contributed by atoms with van der Waals surface area (Å²) in [5.74, 6) is -2.44. The van der Waals surface area contributed by atoms with Crippen LogP contribution < -0.4 is 5.32 Å². The molecule has 1 unspecified atom stereocenters. The van der Waals surface area contributed by atoms with E-state index in [2.05, 4.69) is 5.32 Å². The van der Waals surface area contributed by atoms with Crippen LogP contribution in [0, 0.1) is 5.92 Å². The molecular weight excluding hydrogens is 300 g/mol. The highest BCUT2D eigenvalue weighted by atomic mass is 16.5. The normalized spacial score (nSPS) is 17.7. The van der Waals surface area contributed by atoms with E-state index in [1.165, 1.54) is 4.90 Å². The van der Waals surface area contributed by atoms with Gasteiger partial charge in [-0.1, -0.05) is 30.3 Å². The Hall–Kier alpha value is -2.57. The second-order valence-corrected chi connectivity index (χ2v) is 5.35. The van der Waals surface area contributed by atoms with E-state index in [9.17, 15) is 14.4 Å². The summed E-state index contributed by atoms with van der Waals surface area (Å²) in [6.45, 7) is 1.20. The van der Waals surface area contributed by atoms with Crippen molar-refractivity contribution in [2.24, 2.45) is 5.92 Å². The summed E-state index contributed by atoms with van der Waals surface area (Å²) in [6, 6.07) is 9.30. The van der Waals surface area contributed by atoms with Gasteiger partial charge in [0.2, 0.25) is 5.91 Å². The number of nitrogens with one attached hydrogen (secondary N) is 1. The third-order valence-electron chi connectivity index (χ3n) is 3.69. The lowest BCUT2D eigenvalue weighted by molar-refractivity contribution is -0.153. The van der Waals surface area contributed by atoms with Crippen LogP contribution in [-0.2, 0) is 20.9 Å². The molecule has 1 atom stereocenters. The first-order valence-corrected chi connectivity index (χ1v) is 7.54. The Morgan fingerprint density at radius 2 is 2.04 bits per heavy atom. The lowest BCUT2D eigenvalue weighted by atomic mass is 9.97. The van der Waals surface area contributed by atoms with Crippen LogP contribution >= 0.6 is 0 Å². The van der Waals surface area contributed by atoms with Crippen LogP contribution in [0.15, 0.2) is 30.3 Å². The number of hydrogen-bond donors (Lipinski definition) is 2. The molecule has 1 aromatic rings. The molecule has 0 bridgehead atoms. The van der Waals surface area contributed by atoms with Gasteiger partial charge in [-0.3, -0.25) is 9.59 Å². The molecule has 1 saturated heterocycles. The zero-order chi connectivity index (χ0) is 16.7. The minimum absolute atomic E-state index is 0.177. The Labute approximate surface area is 134 Å². The fourth-order valence-electron chi connectivity index (χ4n) is 2.46. The van der Waals surface area contributed by atoms with Crippen molar-refractivity contribution in [3.8, 4) is 0 Å². The summed E-state index contributed by atoms with van der Waals surface area (Å²) in [4.78, 5) is 36.0. The third-order valence-corrected chi connectivity index (χ3v) is 3.69. The van der Waals surface area contributed by atoms with Gasteiger partial charge in [-0.25, -0.2) is 4.79 Å². The second-order valence-electron chi connectivity index (χ2n) is 5.35. The summed E-state index contributed by atoms with van der Waals surface area (Å²) in [5, 5.41) is 11.5. The molecule has 0 aliphatic carbocycles. The molecular formula is C16H20N2O5. The molecule has 1 aromatic carbocycles. The number of ether oxygens (including phenoxy) is 1. The average Bonchev–Trinajstić information content (AvgIpc) is 2.55. The van der Waals surface area contributed by atoms with Crippen LogP contribution in [0.3, 0.4) is 0 Å². The van der Waals surface area contributed by atoms with Crippen molar-refractivity contribution in [3.63, 3.8) is 0 Å². The summed E-state index contributed by atoms with van der Waals surface area (Å²) >= 11 is 0. The van der Waals surface area contributed by atoms with E-state index in [-0.39, 0.29) is 25.6 Å². The molecule has 0 radical (unpaired) electrons. The predicted octanol–water partition coefficient (Wildman–Crippen LogP) is 1.24. The van der Waals surface area contributed by atoms with Gasteiger partial charge in [0.25, 0.3) is 0 Å². The molecule has 0 spiro atoms. The van der Waals surface area contributed by atoms with Crippen LogP contribution in [0.5, 0.6) is 0 Å². The quantitative estimate of drug-likeness (QED) is 0.769. The molecule has 2 N–H and O–H groups in total. The summed E-state index contributed by atoms with van der Waals surface area (Å²) in [7, 11) is 0. The third kappa shape index (κ3) is 4.98. The van der Waals surface area contributed by atoms with Crippen molar-refractivity contribution >= 4 is 18.0 Å². The number of carboxylic acid groups (broad SMARTS) is 1. The van der Waals surface area contributed by atoms with E-state index in [0.29, 0.717) is 19.4 Å². The zero-order valence-electron chi connectivity index (χ0n) is 12.7. The number of nitrogens with zero attached hydrogens (tertiary/aromatic N) is 1. The highest BCUT2D eigenvalue weighted by molar-refractivity contribution is 5.97. The smallest absolute Gasteiger partial charge is 0.407 e. The molecule has 2 rings (SSSR count). The van der Waals surface area contributed by atoms with Crippen molar-refractivity contribution in [2.75, 3.05) is 19.6 Å². The Balaban J connectivity index is 1.69. The van der Waals surface area contributed by atoms with E-state index in [0.717, 1.165) is 5.56 Å². The fourth-order valence-corrected chi connectivity index (χ4v) is 2.46. The van der Waals surface area contributed by atoms with Crippen molar-refractivity contribution in [2.45, 2.75) is 19.4 Å². The highest BCUT2D eigenvalue weighted by Gasteiger charge is 2.33. The van der Waals surface area contributed by atoms with Crippen LogP contribution in [0.25, 0.3) is 0 Å². The largest absolute Gasteiger partial charge is 0.481 e. The Morgan fingerprint density at radius 3 is 2.74 bits per heavy atom. The summed E-state index contributed by atoms with van der Waals surface area (Å²) in [5.41, 5.74) is 0.887. The number of amides is 2. The van der Waals surface area contributed by atoms with Gasteiger partial charge in [0.1, 0.15) is 12.5 Å². The minimum Gasteiger partial charge on any atom is -0.481 e. The van der Waals surface area contributed by atoms with Crippen LogP contribution in [0.4, 0.5) is 4.79 Å². The van der Waals surface area contributed by atoms with Crippen LogP contribution in [-0.4, -0.2) is 47.6 Å². The van der Waals surface area contributed by atoms with E-state index in [4.69, 9.17) is 9.84 Å². The number of likely N-dealkylation sites (tertiary alicyclic amines) is 1. The van der Waals surface area contributed by atoms with Crippen molar-refractivity contribution in [3.05, 3.63) is 35.9 Å². The maximum atomic E-state index is 12.0. The molecule has 23 heavy (non-hydrogen) atoms. The second kappa shape index (κ2) is 8.17. The van der Waals surface area contributed by atoms with Crippen LogP contribution in [0.1, 0.15) is 18.4 Å². The summed E-state index contributed by atoms with van der Waals surface area (Å²) in [6.07, 6.45) is 0.464.